The van der Waals surface area contributed by atoms with Crippen LogP contribution in [0.4, 0.5) is 5.69 Å². The van der Waals surface area contributed by atoms with Gasteiger partial charge in [-0.1, -0.05) is 23.9 Å². The number of hydrogen-bond acceptors (Lipinski definition) is 5. The van der Waals surface area contributed by atoms with Gasteiger partial charge in [-0.25, -0.2) is 0 Å². The number of hydrogen-bond donors (Lipinski definition) is 2. The Morgan fingerprint density at radius 2 is 1.82 bits per heavy atom. The summed E-state index contributed by atoms with van der Waals surface area (Å²) in [5, 5.41) is 10.0. The minimum Gasteiger partial charge on any atom is -0.497 e. The summed E-state index contributed by atoms with van der Waals surface area (Å²) >= 11 is 7.05. The van der Waals surface area contributed by atoms with Crippen molar-refractivity contribution >= 4 is 35.6 Å². The molecular weight excluding hydrogens is 452 g/mol. The van der Waals surface area contributed by atoms with Crippen molar-refractivity contribution in [1.29, 1.82) is 0 Å². The molecule has 2 N–H and O–H groups in total. The van der Waals surface area contributed by atoms with Crippen LogP contribution in [0.2, 0.25) is 0 Å². The van der Waals surface area contributed by atoms with Crippen LogP contribution in [0.15, 0.2) is 76.5 Å². The zero-order valence-corrected chi connectivity index (χ0v) is 20.2. The number of nitrogens with zero attached hydrogens (tertiary/aromatic N) is 2. The first-order valence-corrected chi connectivity index (χ1v) is 11.6. The number of aryl methyl sites for hydroxylation is 2. The van der Waals surface area contributed by atoms with E-state index in [-0.39, 0.29) is 12.5 Å². The lowest BCUT2D eigenvalue weighted by atomic mass is 10.2. The highest BCUT2D eigenvalue weighted by Gasteiger charge is 2.13. The van der Waals surface area contributed by atoms with E-state index in [1.54, 1.807) is 23.4 Å². The Morgan fingerprint density at radius 3 is 2.52 bits per heavy atom. The molecule has 1 heterocycles. The molecule has 0 aliphatic rings. The maximum absolute atomic E-state index is 12.7. The molecule has 0 atom stereocenters. The molecule has 8 heteroatoms. The van der Waals surface area contributed by atoms with Gasteiger partial charge < -0.3 is 10.1 Å². The molecule has 3 aromatic carbocycles. The summed E-state index contributed by atoms with van der Waals surface area (Å²) in [6.45, 7) is 4.25. The van der Waals surface area contributed by atoms with E-state index in [2.05, 4.69) is 47.6 Å². The maximum Gasteiger partial charge on any atom is 0.244 e. The first-order valence-electron chi connectivity index (χ1n) is 10.4. The van der Waals surface area contributed by atoms with Gasteiger partial charge in [0.1, 0.15) is 12.3 Å². The smallest absolute Gasteiger partial charge is 0.244 e. The second-order valence-electron chi connectivity index (χ2n) is 7.61. The summed E-state index contributed by atoms with van der Waals surface area (Å²) in [5.41, 5.74) is 4.04. The summed E-state index contributed by atoms with van der Waals surface area (Å²) in [6.07, 6.45) is 0. The average molecular weight is 477 g/mol. The first kappa shape index (κ1) is 22.8. The van der Waals surface area contributed by atoms with Crippen molar-refractivity contribution in [3.8, 4) is 17.1 Å². The predicted octanol–water partition coefficient (Wildman–Crippen LogP) is 6.02. The molecule has 33 heavy (non-hydrogen) atoms. The van der Waals surface area contributed by atoms with E-state index in [9.17, 15) is 4.79 Å². The third-order valence-corrected chi connectivity index (χ3v) is 6.60. The third-order valence-electron chi connectivity index (χ3n) is 5.12. The van der Waals surface area contributed by atoms with Gasteiger partial charge >= 0.3 is 0 Å². The number of aromatic nitrogens is 3. The van der Waals surface area contributed by atoms with Crippen LogP contribution < -0.4 is 10.1 Å². The van der Waals surface area contributed by atoms with E-state index >= 15 is 0 Å². The van der Waals surface area contributed by atoms with Gasteiger partial charge in [0, 0.05) is 21.0 Å². The largest absolute Gasteiger partial charge is 0.497 e. The van der Waals surface area contributed by atoms with Gasteiger partial charge in [0.15, 0.2) is 10.6 Å². The second-order valence-corrected chi connectivity index (χ2v) is 9.11. The van der Waals surface area contributed by atoms with Crippen LogP contribution in [-0.4, -0.2) is 27.8 Å². The number of amides is 1. The standard InChI is InChI=1S/C25H24N4O2S2/c1-16-4-5-17(2)22(14-16)33-21-12-8-19(9-13-21)26-23(30)15-29-24(27-28-25(29)32)18-6-10-20(31-3)11-7-18/h4-14H,15H2,1-3H3,(H,26,30)(H,28,32). The molecule has 1 amide bonds. The van der Waals surface area contributed by atoms with Gasteiger partial charge in [-0.2, -0.15) is 5.10 Å². The molecule has 168 valence electrons. The Morgan fingerprint density at radius 1 is 1.09 bits per heavy atom. The van der Waals surface area contributed by atoms with Crippen molar-refractivity contribution in [3.63, 3.8) is 0 Å². The number of carbonyl (C=O) groups is 1. The van der Waals surface area contributed by atoms with Crippen molar-refractivity contribution in [1.82, 2.24) is 14.8 Å². The van der Waals surface area contributed by atoms with E-state index in [0.717, 1.165) is 21.9 Å². The van der Waals surface area contributed by atoms with Gasteiger partial charge in [0.05, 0.1) is 7.11 Å². The van der Waals surface area contributed by atoms with Crippen LogP contribution in [0.25, 0.3) is 11.4 Å². The van der Waals surface area contributed by atoms with Crippen molar-refractivity contribution < 1.29 is 9.53 Å². The summed E-state index contributed by atoms with van der Waals surface area (Å²) < 4.78 is 7.27. The molecule has 6 nitrogen and oxygen atoms in total. The molecule has 0 spiro atoms. The number of anilines is 1. The second kappa shape index (κ2) is 10.1. The molecule has 1 aromatic heterocycles. The Kier molecular flexibility index (Phi) is 6.96. The lowest BCUT2D eigenvalue weighted by Crippen LogP contribution is -2.19. The fourth-order valence-electron chi connectivity index (χ4n) is 3.32. The summed E-state index contributed by atoms with van der Waals surface area (Å²) in [4.78, 5) is 15.1. The Balaban J connectivity index is 1.43. The maximum atomic E-state index is 12.7. The van der Waals surface area contributed by atoms with E-state index in [4.69, 9.17) is 17.0 Å². The number of aromatic amines is 1. The van der Waals surface area contributed by atoms with E-state index in [1.807, 2.05) is 48.5 Å². The highest BCUT2D eigenvalue weighted by molar-refractivity contribution is 7.99. The lowest BCUT2D eigenvalue weighted by molar-refractivity contribution is -0.116. The minimum absolute atomic E-state index is 0.0513. The number of benzene rings is 3. The zero-order valence-electron chi connectivity index (χ0n) is 18.6. The quantitative estimate of drug-likeness (QED) is 0.319. The number of methoxy groups -OCH3 is 1. The van der Waals surface area contributed by atoms with Gasteiger partial charge in [0.25, 0.3) is 0 Å². The summed E-state index contributed by atoms with van der Waals surface area (Å²) in [7, 11) is 1.62. The van der Waals surface area contributed by atoms with E-state index in [0.29, 0.717) is 10.6 Å². The topological polar surface area (TPSA) is 71.9 Å². The summed E-state index contributed by atoms with van der Waals surface area (Å²) in [5.74, 6) is 1.16. The average Bonchev–Trinajstić information content (AvgIpc) is 3.17. The number of rotatable bonds is 7. The van der Waals surface area contributed by atoms with Crippen LogP contribution in [0, 0.1) is 18.6 Å². The fraction of sp³-hybridized carbons (Fsp3) is 0.160. The lowest BCUT2D eigenvalue weighted by Gasteiger charge is -2.10. The van der Waals surface area contributed by atoms with Crippen LogP contribution in [0.5, 0.6) is 5.75 Å². The molecule has 0 unspecified atom stereocenters. The molecule has 0 radical (unpaired) electrons. The van der Waals surface area contributed by atoms with E-state index < -0.39 is 0 Å². The normalized spacial score (nSPS) is 10.8. The Hall–Kier alpha value is -3.36. The van der Waals surface area contributed by atoms with Crippen LogP contribution in [0.3, 0.4) is 0 Å². The first-order chi connectivity index (χ1) is 15.9. The Bertz CT molecular complexity index is 1330. The number of carbonyl (C=O) groups excluding carboxylic acids is 1. The molecule has 0 saturated heterocycles. The zero-order chi connectivity index (χ0) is 23.4. The van der Waals surface area contributed by atoms with Gasteiger partial charge in [-0.3, -0.25) is 14.5 Å². The van der Waals surface area contributed by atoms with Crippen LogP contribution in [0.1, 0.15) is 11.1 Å². The van der Waals surface area contributed by atoms with Gasteiger partial charge in [-0.05, 0) is 91.8 Å². The molecule has 4 rings (SSSR count). The van der Waals surface area contributed by atoms with Gasteiger partial charge in [0.2, 0.25) is 5.91 Å². The van der Waals surface area contributed by atoms with Crippen molar-refractivity contribution in [3.05, 3.63) is 82.6 Å². The van der Waals surface area contributed by atoms with E-state index in [1.165, 1.54) is 16.0 Å². The highest BCUT2D eigenvalue weighted by atomic mass is 32.2. The predicted molar refractivity (Wildman–Crippen MR) is 135 cm³/mol. The SMILES string of the molecule is COc1ccc(-c2n[nH]c(=S)n2CC(=O)Nc2ccc(Sc3cc(C)ccc3C)cc2)cc1. The molecule has 0 aliphatic heterocycles. The van der Waals surface area contributed by atoms with Crippen molar-refractivity contribution in [2.75, 3.05) is 12.4 Å². The highest BCUT2D eigenvalue weighted by Crippen LogP contribution is 2.31. The molecule has 0 aliphatic carbocycles. The molecule has 4 aromatic rings. The summed E-state index contributed by atoms with van der Waals surface area (Å²) in [6, 6.07) is 21.7. The van der Waals surface area contributed by atoms with Crippen LogP contribution >= 0.6 is 24.0 Å². The molecule has 0 saturated carbocycles. The monoisotopic (exact) mass is 476 g/mol. The fourth-order valence-corrected chi connectivity index (χ4v) is 4.52. The van der Waals surface area contributed by atoms with Crippen LogP contribution in [-0.2, 0) is 11.3 Å². The van der Waals surface area contributed by atoms with Crippen molar-refractivity contribution in [2.24, 2.45) is 0 Å². The molecular formula is C25H24N4O2S2. The number of H-pyrrole nitrogens is 1. The third kappa shape index (κ3) is 5.53. The Labute approximate surface area is 202 Å². The minimum atomic E-state index is -0.183. The number of nitrogens with one attached hydrogen (secondary N) is 2. The molecule has 0 bridgehead atoms. The van der Waals surface area contributed by atoms with Gasteiger partial charge in [-0.15, -0.1) is 0 Å². The van der Waals surface area contributed by atoms with Crippen molar-refractivity contribution in [2.45, 2.75) is 30.2 Å². The molecule has 0 fully saturated rings. The number of ether oxygens (including phenoxy) is 1.